The first-order valence-corrected chi connectivity index (χ1v) is 9.12. The van der Waals surface area contributed by atoms with E-state index in [1.807, 2.05) is 24.3 Å². The lowest BCUT2D eigenvalue weighted by molar-refractivity contribution is 0.474. The Hall–Kier alpha value is -2.48. The number of phenols is 2. The molecule has 0 saturated carbocycles. The van der Waals surface area contributed by atoms with E-state index in [-0.39, 0.29) is 16.9 Å². The lowest BCUT2D eigenvalue weighted by Crippen LogP contribution is -2.22. The Morgan fingerprint density at radius 3 is 1.77 bits per heavy atom. The molecule has 2 aromatic carbocycles. The van der Waals surface area contributed by atoms with Crippen LogP contribution >= 0.6 is 0 Å². The van der Waals surface area contributed by atoms with Gasteiger partial charge in [0.25, 0.3) is 0 Å². The zero-order chi connectivity index (χ0) is 19.5. The van der Waals surface area contributed by atoms with Gasteiger partial charge < -0.3 is 10.2 Å². The molecule has 2 heteroatoms. The van der Waals surface area contributed by atoms with Crippen LogP contribution in [0.25, 0.3) is 5.57 Å². The van der Waals surface area contributed by atoms with Gasteiger partial charge in [0.1, 0.15) is 11.5 Å². The summed E-state index contributed by atoms with van der Waals surface area (Å²) >= 11 is 0. The number of aromatic hydroxyl groups is 2. The molecule has 0 unspecified atom stereocenters. The summed E-state index contributed by atoms with van der Waals surface area (Å²) in [7, 11) is 0. The maximum atomic E-state index is 9.66. The first-order valence-electron chi connectivity index (χ1n) is 9.12. The van der Waals surface area contributed by atoms with Crippen LogP contribution in [0.4, 0.5) is 0 Å². The van der Waals surface area contributed by atoms with Gasteiger partial charge in [-0.25, -0.2) is 0 Å². The van der Waals surface area contributed by atoms with Crippen LogP contribution in [0.1, 0.15) is 52.7 Å². The van der Waals surface area contributed by atoms with Crippen LogP contribution < -0.4 is 0 Å². The molecule has 2 N–H and O–H groups in total. The van der Waals surface area contributed by atoms with Crippen molar-refractivity contribution in [1.82, 2.24) is 0 Å². The molecule has 2 nitrogen and oxygen atoms in total. The van der Waals surface area contributed by atoms with E-state index in [1.54, 1.807) is 24.3 Å². The molecule has 0 saturated heterocycles. The van der Waals surface area contributed by atoms with Crippen LogP contribution in [-0.2, 0) is 5.41 Å². The Balaban J connectivity index is 2.69. The average molecular weight is 351 g/mol. The third-order valence-corrected chi connectivity index (χ3v) is 4.87. The fourth-order valence-corrected chi connectivity index (χ4v) is 3.72. The fourth-order valence-electron chi connectivity index (χ4n) is 3.72. The van der Waals surface area contributed by atoms with E-state index >= 15 is 0 Å². The second-order valence-electron chi connectivity index (χ2n) is 7.81. The molecule has 0 fully saturated rings. The van der Waals surface area contributed by atoms with Gasteiger partial charge in [-0.1, -0.05) is 63.6 Å². The molecule has 0 aliphatic heterocycles. The number of allylic oxidation sites excluding steroid dienone is 4. The van der Waals surface area contributed by atoms with Crippen LogP contribution in [-0.4, -0.2) is 10.2 Å². The number of hydrogen-bond donors (Lipinski definition) is 2. The quantitative estimate of drug-likeness (QED) is 0.608. The molecule has 138 valence electrons. The molecule has 2 rings (SSSR count). The van der Waals surface area contributed by atoms with E-state index in [2.05, 4.69) is 47.6 Å². The van der Waals surface area contributed by atoms with Crippen molar-refractivity contribution in [3.05, 3.63) is 76.9 Å². The summed E-state index contributed by atoms with van der Waals surface area (Å²) in [4.78, 5) is 0. The third kappa shape index (κ3) is 4.37. The third-order valence-electron chi connectivity index (χ3n) is 4.87. The van der Waals surface area contributed by atoms with E-state index in [0.717, 1.165) is 11.1 Å². The molecule has 0 spiro atoms. The largest absolute Gasteiger partial charge is 0.508 e. The predicted molar refractivity (Wildman–Crippen MR) is 110 cm³/mol. The van der Waals surface area contributed by atoms with Gasteiger partial charge in [-0.3, -0.25) is 0 Å². The summed E-state index contributed by atoms with van der Waals surface area (Å²) in [6, 6.07) is 14.8. The highest BCUT2D eigenvalue weighted by Crippen LogP contribution is 2.41. The topological polar surface area (TPSA) is 40.5 Å². The van der Waals surface area contributed by atoms with E-state index in [4.69, 9.17) is 0 Å². The molecule has 0 aliphatic carbocycles. The van der Waals surface area contributed by atoms with Gasteiger partial charge in [0.05, 0.1) is 0 Å². The number of hydrogen-bond acceptors (Lipinski definition) is 2. The predicted octanol–water partition coefficient (Wildman–Crippen LogP) is 6.45. The van der Waals surface area contributed by atoms with Crippen LogP contribution in [0.5, 0.6) is 11.5 Å². The Labute approximate surface area is 157 Å². The molecular weight excluding hydrogens is 320 g/mol. The minimum atomic E-state index is -0.231. The highest BCUT2D eigenvalue weighted by atomic mass is 16.3. The monoisotopic (exact) mass is 350 g/mol. The van der Waals surface area contributed by atoms with E-state index in [1.165, 1.54) is 16.7 Å². The van der Waals surface area contributed by atoms with E-state index in [9.17, 15) is 10.2 Å². The van der Waals surface area contributed by atoms with Crippen LogP contribution in [0, 0.1) is 5.92 Å². The molecule has 0 radical (unpaired) electrons. The van der Waals surface area contributed by atoms with Gasteiger partial charge in [-0.2, -0.15) is 0 Å². The molecule has 0 aromatic heterocycles. The van der Waals surface area contributed by atoms with Crippen molar-refractivity contribution in [2.45, 2.75) is 47.0 Å². The van der Waals surface area contributed by atoms with E-state index in [0.29, 0.717) is 5.92 Å². The van der Waals surface area contributed by atoms with Crippen LogP contribution in [0.15, 0.2) is 65.8 Å². The standard InChI is InChI=1S/C24H30O2/c1-16(2)15-17(3)23(18(4)19-7-11-21(25)12-8-19)24(5,6)20-9-13-22(26)14-10-20/h7-16,25-26H,1-6H3/b17-15+,23-18-. The first kappa shape index (κ1) is 19.8. The minimum Gasteiger partial charge on any atom is -0.508 e. The van der Waals surface area contributed by atoms with Crippen molar-refractivity contribution >= 4 is 5.57 Å². The second kappa shape index (κ2) is 7.82. The first-order chi connectivity index (χ1) is 12.1. The molecule has 0 bridgehead atoms. The van der Waals surface area contributed by atoms with Crippen molar-refractivity contribution in [1.29, 1.82) is 0 Å². The number of benzene rings is 2. The zero-order valence-electron chi connectivity index (χ0n) is 16.7. The summed E-state index contributed by atoms with van der Waals surface area (Å²) < 4.78 is 0. The van der Waals surface area contributed by atoms with Gasteiger partial charge >= 0.3 is 0 Å². The minimum absolute atomic E-state index is 0.231. The van der Waals surface area contributed by atoms with E-state index < -0.39 is 0 Å². The number of phenolic OH excluding ortho intramolecular Hbond substituents is 2. The molecule has 0 atom stereocenters. The van der Waals surface area contributed by atoms with Gasteiger partial charge in [-0.05, 0) is 66.3 Å². The molecule has 0 amide bonds. The summed E-state index contributed by atoms with van der Waals surface area (Å²) in [5.41, 5.74) is 5.73. The maximum absolute atomic E-state index is 9.66. The zero-order valence-corrected chi connectivity index (χ0v) is 16.7. The van der Waals surface area contributed by atoms with Crippen molar-refractivity contribution in [3.63, 3.8) is 0 Å². The average Bonchev–Trinajstić information content (AvgIpc) is 2.55. The molecule has 0 aliphatic rings. The Bertz CT molecular complexity index is 804. The lowest BCUT2D eigenvalue weighted by atomic mass is 9.71. The normalized spacial score (nSPS) is 13.7. The van der Waals surface area contributed by atoms with Gasteiger partial charge in [0, 0.05) is 5.41 Å². The van der Waals surface area contributed by atoms with Crippen molar-refractivity contribution in [2.75, 3.05) is 0 Å². The molecular formula is C24H30O2. The van der Waals surface area contributed by atoms with Gasteiger partial charge in [-0.15, -0.1) is 0 Å². The summed E-state index contributed by atoms with van der Waals surface area (Å²) in [5, 5.41) is 19.3. The van der Waals surface area contributed by atoms with Crippen LogP contribution in [0.3, 0.4) is 0 Å². The fraction of sp³-hybridized carbons (Fsp3) is 0.333. The van der Waals surface area contributed by atoms with Crippen molar-refractivity contribution < 1.29 is 10.2 Å². The summed E-state index contributed by atoms with van der Waals surface area (Å²) in [6.45, 7) is 13.1. The second-order valence-corrected chi connectivity index (χ2v) is 7.81. The smallest absolute Gasteiger partial charge is 0.115 e. The highest BCUT2D eigenvalue weighted by molar-refractivity contribution is 5.74. The Kier molecular flexibility index (Phi) is 5.97. The SMILES string of the molecule is C/C(=C(\C(C)=C\C(C)C)C(C)(C)c1ccc(O)cc1)c1ccc(O)cc1. The van der Waals surface area contributed by atoms with Gasteiger partial charge in [0.2, 0.25) is 0 Å². The van der Waals surface area contributed by atoms with Crippen molar-refractivity contribution in [2.24, 2.45) is 5.92 Å². The van der Waals surface area contributed by atoms with Gasteiger partial charge in [0.15, 0.2) is 0 Å². The van der Waals surface area contributed by atoms with Crippen LogP contribution in [0.2, 0.25) is 0 Å². The lowest BCUT2D eigenvalue weighted by Gasteiger charge is -2.32. The molecule has 2 aromatic rings. The highest BCUT2D eigenvalue weighted by Gasteiger charge is 2.29. The maximum Gasteiger partial charge on any atom is 0.115 e. The summed E-state index contributed by atoms with van der Waals surface area (Å²) in [6.07, 6.45) is 2.29. The molecule has 0 heterocycles. The Morgan fingerprint density at radius 2 is 1.31 bits per heavy atom. The Morgan fingerprint density at radius 1 is 0.846 bits per heavy atom. The molecule has 26 heavy (non-hydrogen) atoms. The number of rotatable bonds is 5. The summed E-state index contributed by atoms with van der Waals surface area (Å²) in [5.74, 6) is 1.00. The van der Waals surface area contributed by atoms with Crippen molar-refractivity contribution in [3.8, 4) is 11.5 Å².